The number of hydrogen-bond acceptors (Lipinski definition) is 3. The van der Waals surface area contributed by atoms with Crippen LogP contribution in [0.5, 0.6) is 11.5 Å². The highest BCUT2D eigenvalue weighted by Crippen LogP contribution is 2.42. The van der Waals surface area contributed by atoms with E-state index >= 15 is 0 Å². The van der Waals surface area contributed by atoms with Crippen LogP contribution in [0.4, 0.5) is 0 Å². The minimum atomic E-state index is -0.536. The monoisotopic (exact) mass is 247 g/mol. The molecule has 0 fully saturated rings. The van der Waals surface area contributed by atoms with Crippen LogP contribution in [0.3, 0.4) is 0 Å². The molecule has 0 bridgehead atoms. The molecule has 15 heavy (non-hydrogen) atoms. The van der Waals surface area contributed by atoms with E-state index in [0.29, 0.717) is 28.0 Å². The van der Waals surface area contributed by atoms with Gasteiger partial charge in [-0.2, -0.15) is 0 Å². The fourth-order valence-corrected chi connectivity index (χ4v) is 1.65. The third-order valence-corrected chi connectivity index (χ3v) is 2.50. The van der Waals surface area contributed by atoms with E-state index in [9.17, 15) is 4.79 Å². The zero-order valence-electron chi connectivity index (χ0n) is 7.50. The molecule has 80 valence electrons. The summed E-state index contributed by atoms with van der Waals surface area (Å²) in [7, 11) is 0. The molecular weight excluding hydrogens is 241 g/mol. The minimum Gasteiger partial charge on any atom is -0.482 e. The minimum absolute atomic E-state index is 0.200. The molecule has 0 aromatic heterocycles. The summed E-state index contributed by atoms with van der Waals surface area (Å²) in [6.45, 7) is 0.200. The zero-order valence-corrected chi connectivity index (χ0v) is 9.01. The molecule has 0 aliphatic carbocycles. The predicted molar refractivity (Wildman–Crippen MR) is 55.6 cm³/mol. The smallest absolute Gasteiger partial charge is 0.210 e. The van der Waals surface area contributed by atoms with Gasteiger partial charge in [-0.05, 0) is 12.1 Å². The van der Waals surface area contributed by atoms with Gasteiger partial charge in [0.25, 0.3) is 0 Å². The maximum Gasteiger partial charge on any atom is 0.210 e. The highest BCUT2D eigenvalue weighted by atomic mass is 35.5. The van der Waals surface area contributed by atoms with Gasteiger partial charge >= 0.3 is 0 Å². The van der Waals surface area contributed by atoms with Crippen LogP contribution in [0.15, 0.2) is 12.1 Å². The van der Waals surface area contributed by atoms with Crippen molar-refractivity contribution in [2.24, 2.45) is 0 Å². The predicted octanol–water partition coefficient (Wildman–Crippen LogP) is 1.84. The van der Waals surface area contributed by atoms with Crippen molar-refractivity contribution in [1.29, 1.82) is 0 Å². The number of ether oxygens (including phenoxy) is 2. The molecule has 1 unspecified atom stereocenters. The fraction of sp³-hybridized carbons (Fsp3) is 0.222. The van der Waals surface area contributed by atoms with Gasteiger partial charge in [-0.25, -0.2) is 0 Å². The number of carbonyl (C=O) groups is 1. The van der Waals surface area contributed by atoms with Gasteiger partial charge in [0, 0.05) is 0 Å². The molecule has 1 aliphatic heterocycles. The lowest BCUT2D eigenvalue weighted by Crippen LogP contribution is -2.41. The van der Waals surface area contributed by atoms with E-state index in [-0.39, 0.29) is 6.61 Å². The van der Waals surface area contributed by atoms with Gasteiger partial charge in [0.05, 0.1) is 10.0 Å². The van der Waals surface area contributed by atoms with Crippen LogP contribution in [0.2, 0.25) is 10.0 Å². The molecule has 1 amide bonds. The third kappa shape index (κ3) is 1.96. The summed E-state index contributed by atoms with van der Waals surface area (Å²) in [5, 5.41) is 3.27. The van der Waals surface area contributed by atoms with E-state index in [1.807, 2.05) is 0 Å². The Labute approximate surface area is 96.1 Å². The van der Waals surface area contributed by atoms with Crippen LogP contribution >= 0.6 is 23.2 Å². The second-order valence-corrected chi connectivity index (χ2v) is 3.70. The average molecular weight is 248 g/mol. The van der Waals surface area contributed by atoms with E-state index < -0.39 is 6.23 Å². The molecule has 0 saturated carbocycles. The fourth-order valence-electron chi connectivity index (χ4n) is 1.25. The van der Waals surface area contributed by atoms with Crippen LogP contribution in [0.25, 0.3) is 0 Å². The molecule has 0 spiro atoms. The Morgan fingerprint density at radius 3 is 2.67 bits per heavy atom. The summed E-state index contributed by atoms with van der Waals surface area (Å²) in [6, 6.07) is 3.23. The van der Waals surface area contributed by atoms with Gasteiger partial charge in [-0.15, -0.1) is 0 Å². The van der Waals surface area contributed by atoms with Crippen LogP contribution in [-0.4, -0.2) is 19.2 Å². The highest BCUT2D eigenvalue weighted by Gasteiger charge is 2.24. The van der Waals surface area contributed by atoms with E-state index in [0.717, 1.165) is 0 Å². The van der Waals surface area contributed by atoms with Gasteiger partial charge < -0.3 is 14.8 Å². The van der Waals surface area contributed by atoms with Crippen molar-refractivity contribution < 1.29 is 14.3 Å². The van der Waals surface area contributed by atoms with Gasteiger partial charge in [-0.1, -0.05) is 23.2 Å². The summed E-state index contributed by atoms with van der Waals surface area (Å²) in [6.07, 6.45) is 0.00302. The third-order valence-electron chi connectivity index (χ3n) is 1.91. The molecule has 0 saturated heterocycles. The number of amides is 1. The Hall–Kier alpha value is -1.13. The van der Waals surface area contributed by atoms with E-state index in [1.54, 1.807) is 12.1 Å². The lowest BCUT2D eigenvalue weighted by Gasteiger charge is -2.26. The maximum atomic E-state index is 10.2. The number of nitrogens with one attached hydrogen (secondary N) is 1. The maximum absolute atomic E-state index is 10.2. The molecule has 1 aromatic rings. The SMILES string of the molecule is O=CNC1COc2c(Cl)ccc(Cl)c2O1. The Morgan fingerprint density at radius 1 is 1.33 bits per heavy atom. The van der Waals surface area contributed by atoms with Crippen molar-refractivity contribution in [3.63, 3.8) is 0 Å². The van der Waals surface area contributed by atoms with Gasteiger partial charge in [0.1, 0.15) is 6.61 Å². The lowest BCUT2D eigenvalue weighted by molar-refractivity contribution is -0.112. The molecule has 2 rings (SSSR count). The summed E-state index contributed by atoms with van der Waals surface area (Å²) >= 11 is 11.8. The van der Waals surface area contributed by atoms with Crippen molar-refractivity contribution in [2.45, 2.75) is 6.23 Å². The van der Waals surface area contributed by atoms with Crippen LogP contribution < -0.4 is 14.8 Å². The number of rotatable bonds is 2. The summed E-state index contributed by atoms with van der Waals surface area (Å²) in [5.74, 6) is 0.767. The quantitative estimate of drug-likeness (QED) is 0.812. The zero-order chi connectivity index (χ0) is 10.8. The lowest BCUT2D eigenvalue weighted by atomic mass is 10.3. The topological polar surface area (TPSA) is 47.6 Å². The summed E-state index contributed by atoms with van der Waals surface area (Å²) in [5.41, 5.74) is 0. The summed E-state index contributed by atoms with van der Waals surface area (Å²) < 4.78 is 10.7. The Kier molecular flexibility index (Phi) is 2.88. The van der Waals surface area contributed by atoms with Crippen molar-refractivity contribution in [3.05, 3.63) is 22.2 Å². The largest absolute Gasteiger partial charge is 0.482 e. The molecule has 1 N–H and O–H groups in total. The number of fused-ring (bicyclic) bond motifs is 1. The van der Waals surface area contributed by atoms with E-state index in [2.05, 4.69) is 5.32 Å². The normalized spacial score (nSPS) is 18.4. The first-order valence-electron chi connectivity index (χ1n) is 4.19. The molecule has 1 aliphatic rings. The molecule has 6 heteroatoms. The number of benzene rings is 1. The summed E-state index contributed by atoms with van der Waals surface area (Å²) in [4.78, 5) is 10.2. The second-order valence-electron chi connectivity index (χ2n) is 2.89. The van der Waals surface area contributed by atoms with Gasteiger partial charge in [0.15, 0.2) is 11.5 Å². The Bertz CT molecular complexity index is 397. The van der Waals surface area contributed by atoms with E-state index in [4.69, 9.17) is 32.7 Å². The molecule has 1 aromatic carbocycles. The van der Waals surface area contributed by atoms with Gasteiger partial charge in [0.2, 0.25) is 12.6 Å². The van der Waals surface area contributed by atoms with Crippen molar-refractivity contribution in [2.75, 3.05) is 6.61 Å². The van der Waals surface area contributed by atoms with Crippen molar-refractivity contribution >= 4 is 29.6 Å². The molecule has 0 radical (unpaired) electrons. The van der Waals surface area contributed by atoms with Crippen molar-refractivity contribution in [3.8, 4) is 11.5 Å². The average Bonchev–Trinajstić information content (AvgIpc) is 2.24. The standard InChI is InChI=1S/C9H7Cl2NO3/c10-5-1-2-6(11)9-8(5)14-3-7(15-9)12-4-13/h1-2,4,7H,3H2,(H,12,13). The van der Waals surface area contributed by atoms with Crippen LogP contribution in [-0.2, 0) is 4.79 Å². The first-order chi connectivity index (χ1) is 7.22. The first kappa shape index (κ1) is 10.4. The Balaban J connectivity index is 2.32. The van der Waals surface area contributed by atoms with E-state index in [1.165, 1.54) is 0 Å². The van der Waals surface area contributed by atoms with Crippen LogP contribution in [0.1, 0.15) is 0 Å². The molecular formula is C9H7Cl2NO3. The molecule has 1 atom stereocenters. The number of halogens is 2. The Morgan fingerprint density at radius 2 is 2.00 bits per heavy atom. The molecule has 1 heterocycles. The first-order valence-corrected chi connectivity index (χ1v) is 4.95. The highest BCUT2D eigenvalue weighted by molar-refractivity contribution is 6.35. The number of hydrogen-bond donors (Lipinski definition) is 1. The van der Waals surface area contributed by atoms with Crippen LogP contribution in [0, 0.1) is 0 Å². The molecule has 4 nitrogen and oxygen atoms in total. The van der Waals surface area contributed by atoms with Crippen molar-refractivity contribution in [1.82, 2.24) is 5.32 Å². The van der Waals surface area contributed by atoms with Gasteiger partial charge in [-0.3, -0.25) is 4.79 Å². The second kappa shape index (κ2) is 4.16. The number of carbonyl (C=O) groups excluding carboxylic acids is 1.